The maximum absolute atomic E-state index is 13.5. The first-order valence-corrected chi connectivity index (χ1v) is 8.68. The molecule has 128 valence electrons. The number of hydrogen-bond donors (Lipinski definition) is 1. The predicted octanol–water partition coefficient (Wildman–Crippen LogP) is 3.00. The molecule has 24 heavy (non-hydrogen) atoms. The van der Waals surface area contributed by atoms with E-state index in [-0.39, 0.29) is 17.0 Å². The van der Waals surface area contributed by atoms with Gasteiger partial charge in [0.1, 0.15) is 11.6 Å². The van der Waals surface area contributed by atoms with E-state index in [1.165, 1.54) is 38.2 Å². The van der Waals surface area contributed by atoms with Crippen LogP contribution in [0.3, 0.4) is 0 Å². The molecule has 1 N–H and O–H groups in total. The van der Waals surface area contributed by atoms with Crippen molar-refractivity contribution in [1.29, 1.82) is 0 Å². The van der Waals surface area contributed by atoms with Crippen LogP contribution in [0.4, 0.5) is 20.2 Å². The summed E-state index contributed by atoms with van der Waals surface area (Å²) in [6.07, 6.45) is 0. The lowest BCUT2D eigenvalue weighted by atomic mass is 10.2. The van der Waals surface area contributed by atoms with E-state index in [4.69, 9.17) is 0 Å². The van der Waals surface area contributed by atoms with Crippen LogP contribution in [-0.2, 0) is 10.0 Å². The summed E-state index contributed by atoms with van der Waals surface area (Å²) in [5.41, 5.74) is 0.474. The van der Waals surface area contributed by atoms with Crippen LogP contribution >= 0.6 is 0 Å². The van der Waals surface area contributed by atoms with Gasteiger partial charge in [-0.2, -0.15) is 0 Å². The average molecular weight is 354 g/mol. The Bertz CT molecular complexity index is 852. The molecular formula is C16H16F2N2O3S. The molecule has 0 spiro atoms. The number of nitrogens with zero attached hydrogens (tertiary/aromatic N) is 1. The van der Waals surface area contributed by atoms with Crippen molar-refractivity contribution >= 4 is 27.3 Å². The first-order valence-electron chi connectivity index (χ1n) is 7.07. The molecular weight excluding hydrogens is 338 g/mol. The minimum Gasteiger partial charge on any atom is -0.319 e. The molecule has 0 aliphatic rings. The molecule has 0 bridgehead atoms. The zero-order chi connectivity index (χ0) is 17.9. The summed E-state index contributed by atoms with van der Waals surface area (Å²) >= 11 is 0. The van der Waals surface area contributed by atoms with E-state index in [2.05, 4.69) is 5.32 Å². The molecule has 0 atom stereocenters. The number of amides is 1. The van der Waals surface area contributed by atoms with Gasteiger partial charge in [0, 0.05) is 18.7 Å². The second-order valence-electron chi connectivity index (χ2n) is 4.99. The molecule has 2 rings (SSSR count). The number of hydrogen-bond acceptors (Lipinski definition) is 3. The molecule has 0 radical (unpaired) electrons. The maximum Gasteiger partial charge on any atom is 0.255 e. The lowest BCUT2D eigenvalue weighted by Crippen LogP contribution is -2.28. The van der Waals surface area contributed by atoms with Gasteiger partial charge in [-0.1, -0.05) is 0 Å². The van der Waals surface area contributed by atoms with E-state index >= 15 is 0 Å². The molecule has 0 aliphatic carbocycles. The molecule has 0 saturated carbocycles. The van der Waals surface area contributed by atoms with Crippen molar-refractivity contribution in [3.8, 4) is 0 Å². The highest BCUT2D eigenvalue weighted by molar-refractivity contribution is 7.92. The fourth-order valence-corrected chi connectivity index (χ4v) is 2.79. The van der Waals surface area contributed by atoms with Crippen molar-refractivity contribution in [1.82, 2.24) is 0 Å². The first-order chi connectivity index (χ1) is 11.2. The molecule has 2 aromatic carbocycles. The highest BCUT2D eigenvalue weighted by Gasteiger charge is 2.16. The van der Waals surface area contributed by atoms with Crippen LogP contribution < -0.4 is 9.62 Å². The minimum atomic E-state index is -3.39. The van der Waals surface area contributed by atoms with Crippen molar-refractivity contribution in [2.45, 2.75) is 6.92 Å². The van der Waals surface area contributed by atoms with Crippen LogP contribution in [0.25, 0.3) is 0 Å². The molecule has 0 saturated heterocycles. The average Bonchev–Trinajstić information content (AvgIpc) is 2.56. The Labute approximate surface area is 139 Å². The molecule has 2 aromatic rings. The van der Waals surface area contributed by atoms with Crippen LogP contribution in [0.15, 0.2) is 42.5 Å². The summed E-state index contributed by atoms with van der Waals surface area (Å²) in [5.74, 6) is -2.26. The summed E-state index contributed by atoms with van der Waals surface area (Å²) in [4.78, 5) is 12.1. The number of carbonyl (C=O) groups is 1. The minimum absolute atomic E-state index is 0.0461. The Morgan fingerprint density at radius 1 is 1.12 bits per heavy atom. The van der Waals surface area contributed by atoms with E-state index in [9.17, 15) is 22.0 Å². The lowest BCUT2D eigenvalue weighted by molar-refractivity contribution is 0.102. The van der Waals surface area contributed by atoms with Gasteiger partial charge in [-0.25, -0.2) is 17.2 Å². The SMILES string of the molecule is CCS(=O)(=O)N(C)c1ccc(C(=O)Nc2ccc(F)cc2F)cc1. The molecule has 0 aromatic heterocycles. The van der Waals surface area contributed by atoms with Crippen molar-refractivity contribution in [3.63, 3.8) is 0 Å². The van der Waals surface area contributed by atoms with Gasteiger partial charge in [-0.05, 0) is 43.3 Å². The highest BCUT2D eigenvalue weighted by atomic mass is 32.2. The number of carbonyl (C=O) groups excluding carboxylic acids is 1. The van der Waals surface area contributed by atoms with Crippen molar-refractivity contribution < 1.29 is 22.0 Å². The van der Waals surface area contributed by atoms with Crippen molar-refractivity contribution in [2.75, 3.05) is 22.4 Å². The first kappa shape index (κ1) is 17.9. The molecule has 1 amide bonds. The topological polar surface area (TPSA) is 66.5 Å². The fourth-order valence-electron chi connectivity index (χ4n) is 1.96. The standard InChI is InChI=1S/C16H16F2N2O3S/c1-3-24(22,23)20(2)13-7-4-11(5-8-13)16(21)19-15-9-6-12(17)10-14(15)18/h4-10H,3H2,1-2H3,(H,19,21). The van der Waals surface area contributed by atoms with E-state index in [1.807, 2.05) is 0 Å². The third kappa shape index (κ3) is 3.88. The molecule has 5 nitrogen and oxygen atoms in total. The molecule has 0 fully saturated rings. The van der Waals surface area contributed by atoms with Gasteiger partial charge in [0.05, 0.1) is 17.1 Å². The smallest absolute Gasteiger partial charge is 0.255 e. The summed E-state index contributed by atoms with van der Waals surface area (Å²) < 4.78 is 51.1. The third-order valence-electron chi connectivity index (χ3n) is 3.45. The van der Waals surface area contributed by atoms with Crippen molar-refractivity contribution in [3.05, 3.63) is 59.7 Å². The monoisotopic (exact) mass is 354 g/mol. The normalized spacial score (nSPS) is 11.2. The van der Waals surface area contributed by atoms with Gasteiger partial charge >= 0.3 is 0 Å². The molecule has 0 aliphatic heterocycles. The lowest BCUT2D eigenvalue weighted by Gasteiger charge is -2.18. The quantitative estimate of drug-likeness (QED) is 0.898. The zero-order valence-electron chi connectivity index (χ0n) is 13.1. The van der Waals surface area contributed by atoms with Crippen LogP contribution in [0, 0.1) is 11.6 Å². The van der Waals surface area contributed by atoms with Gasteiger partial charge in [-0.3, -0.25) is 9.10 Å². The fraction of sp³-hybridized carbons (Fsp3) is 0.188. The van der Waals surface area contributed by atoms with E-state index in [1.54, 1.807) is 0 Å². The van der Waals surface area contributed by atoms with E-state index < -0.39 is 27.6 Å². The Morgan fingerprint density at radius 3 is 2.29 bits per heavy atom. The van der Waals surface area contributed by atoms with Gasteiger partial charge in [0.2, 0.25) is 10.0 Å². The van der Waals surface area contributed by atoms with Crippen LogP contribution in [-0.4, -0.2) is 27.1 Å². The van der Waals surface area contributed by atoms with Crippen LogP contribution in [0.2, 0.25) is 0 Å². The second-order valence-corrected chi connectivity index (χ2v) is 7.28. The van der Waals surface area contributed by atoms with Gasteiger partial charge in [0.25, 0.3) is 5.91 Å². The van der Waals surface area contributed by atoms with E-state index in [0.717, 1.165) is 16.4 Å². The Hall–Kier alpha value is -2.48. The molecule has 0 heterocycles. The number of rotatable bonds is 5. The number of benzene rings is 2. The zero-order valence-corrected chi connectivity index (χ0v) is 13.9. The summed E-state index contributed by atoms with van der Waals surface area (Å²) in [6.45, 7) is 1.53. The Kier molecular flexibility index (Phi) is 5.18. The number of halogens is 2. The van der Waals surface area contributed by atoms with E-state index in [0.29, 0.717) is 11.8 Å². The maximum atomic E-state index is 13.5. The predicted molar refractivity (Wildman–Crippen MR) is 88.6 cm³/mol. The summed E-state index contributed by atoms with van der Waals surface area (Å²) in [7, 11) is -1.98. The largest absolute Gasteiger partial charge is 0.319 e. The summed E-state index contributed by atoms with van der Waals surface area (Å²) in [6, 6.07) is 8.63. The van der Waals surface area contributed by atoms with Crippen molar-refractivity contribution in [2.24, 2.45) is 0 Å². The van der Waals surface area contributed by atoms with Crippen LogP contribution in [0.5, 0.6) is 0 Å². The number of sulfonamides is 1. The van der Waals surface area contributed by atoms with Gasteiger partial charge in [-0.15, -0.1) is 0 Å². The van der Waals surface area contributed by atoms with Gasteiger partial charge in [0.15, 0.2) is 0 Å². The number of nitrogens with one attached hydrogen (secondary N) is 1. The third-order valence-corrected chi connectivity index (χ3v) is 5.23. The molecule has 8 heteroatoms. The Balaban J connectivity index is 2.17. The second kappa shape index (κ2) is 6.96. The Morgan fingerprint density at radius 2 is 1.75 bits per heavy atom. The van der Waals surface area contributed by atoms with Crippen LogP contribution in [0.1, 0.15) is 17.3 Å². The number of anilines is 2. The van der Waals surface area contributed by atoms with Gasteiger partial charge < -0.3 is 5.32 Å². The highest BCUT2D eigenvalue weighted by Crippen LogP contribution is 2.19. The summed E-state index contributed by atoms with van der Waals surface area (Å²) in [5, 5.41) is 2.33. The molecule has 0 unspecified atom stereocenters.